The van der Waals surface area contributed by atoms with Crippen LogP contribution in [0.3, 0.4) is 0 Å². The molecule has 21 heavy (non-hydrogen) atoms. The van der Waals surface area contributed by atoms with Crippen molar-refractivity contribution in [2.75, 3.05) is 4.90 Å². The van der Waals surface area contributed by atoms with Crippen LogP contribution in [0.2, 0.25) is 0 Å². The first-order chi connectivity index (χ1) is 9.95. The van der Waals surface area contributed by atoms with Crippen molar-refractivity contribution in [1.82, 2.24) is 5.32 Å². The van der Waals surface area contributed by atoms with Crippen LogP contribution in [-0.2, 0) is 9.59 Å². The number of amides is 2. The van der Waals surface area contributed by atoms with Crippen LogP contribution in [0.25, 0.3) is 0 Å². The minimum Gasteiger partial charge on any atom is -0.342 e. The van der Waals surface area contributed by atoms with Crippen LogP contribution in [0.1, 0.15) is 33.6 Å². The van der Waals surface area contributed by atoms with E-state index in [0.29, 0.717) is 12.8 Å². The number of piperazine rings is 1. The SMILES string of the molecule is CCC1C(=O)NC(CC(C)C)C(=O)N1c1ccccc1F. The quantitative estimate of drug-likeness (QED) is 0.927. The molecule has 1 heterocycles. The van der Waals surface area contributed by atoms with Crippen LogP contribution in [0.5, 0.6) is 0 Å². The van der Waals surface area contributed by atoms with Crippen LogP contribution in [0.4, 0.5) is 10.1 Å². The van der Waals surface area contributed by atoms with E-state index in [4.69, 9.17) is 0 Å². The highest BCUT2D eigenvalue weighted by atomic mass is 19.1. The maximum absolute atomic E-state index is 14.0. The minimum absolute atomic E-state index is 0.179. The number of carbonyl (C=O) groups is 2. The second-order valence-corrected chi connectivity index (χ2v) is 5.77. The molecule has 1 aliphatic rings. The average Bonchev–Trinajstić information content (AvgIpc) is 2.42. The van der Waals surface area contributed by atoms with Crippen LogP contribution < -0.4 is 10.2 Å². The Kier molecular flexibility index (Phi) is 4.60. The number of carbonyl (C=O) groups excluding carboxylic acids is 2. The summed E-state index contributed by atoms with van der Waals surface area (Å²) in [6.45, 7) is 5.78. The molecular weight excluding hydrogens is 271 g/mol. The molecule has 2 amide bonds. The molecule has 0 aliphatic carbocycles. The Hall–Kier alpha value is -1.91. The van der Waals surface area contributed by atoms with Crippen LogP contribution in [-0.4, -0.2) is 23.9 Å². The van der Waals surface area contributed by atoms with E-state index in [1.54, 1.807) is 18.2 Å². The molecule has 1 aromatic rings. The fourth-order valence-electron chi connectivity index (χ4n) is 2.70. The van der Waals surface area contributed by atoms with E-state index in [9.17, 15) is 14.0 Å². The molecule has 4 nitrogen and oxygen atoms in total. The number of rotatable bonds is 4. The van der Waals surface area contributed by atoms with Gasteiger partial charge in [0.2, 0.25) is 11.8 Å². The number of para-hydroxylation sites is 1. The summed E-state index contributed by atoms with van der Waals surface area (Å²) in [4.78, 5) is 26.2. The number of halogens is 1. The summed E-state index contributed by atoms with van der Waals surface area (Å²) in [5.41, 5.74) is 0.179. The first kappa shape index (κ1) is 15.5. The Morgan fingerprint density at radius 1 is 1.29 bits per heavy atom. The molecule has 5 heteroatoms. The second-order valence-electron chi connectivity index (χ2n) is 5.77. The fourth-order valence-corrected chi connectivity index (χ4v) is 2.70. The van der Waals surface area contributed by atoms with E-state index < -0.39 is 17.9 Å². The van der Waals surface area contributed by atoms with Crippen molar-refractivity contribution in [3.05, 3.63) is 30.1 Å². The van der Waals surface area contributed by atoms with E-state index in [2.05, 4.69) is 5.32 Å². The van der Waals surface area contributed by atoms with E-state index in [-0.39, 0.29) is 23.4 Å². The maximum Gasteiger partial charge on any atom is 0.250 e. The molecule has 0 aromatic heterocycles. The molecule has 2 atom stereocenters. The number of benzene rings is 1. The molecule has 1 saturated heterocycles. The molecule has 0 radical (unpaired) electrons. The van der Waals surface area contributed by atoms with Crippen molar-refractivity contribution in [2.24, 2.45) is 5.92 Å². The zero-order valence-electron chi connectivity index (χ0n) is 12.6. The monoisotopic (exact) mass is 292 g/mol. The van der Waals surface area contributed by atoms with Gasteiger partial charge in [0, 0.05) is 0 Å². The van der Waals surface area contributed by atoms with Gasteiger partial charge in [-0.1, -0.05) is 32.9 Å². The summed E-state index contributed by atoms with van der Waals surface area (Å²) in [6.07, 6.45) is 0.992. The molecular formula is C16H21FN2O2. The highest BCUT2D eigenvalue weighted by molar-refractivity contribution is 6.08. The molecule has 0 saturated carbocycles. The van der Waals surface area contributed by atoms with Gasteiger partial charge in [-0.3, -0.25) is 14.5 Å². The Bertz CT molecular complexity index is 545. The minimum atomic E-state index is -0.655. The number of hydrogen-bond acceptors (Lipinski definition) is 2. The number of nitrogens with zero attached hydrogens (tertiary/aromatic N) is 1. The zero-order chi connectivity index (χ0) is 15.6. The molecule has 2 rings (SSSR count). The summed E-state index contributed by atoms with van der Waals surface area (Å²) in [5.74, 6) is -0.673. The van der Waals surface area contributed by atoms with Gasteiger partial charge in [-0.05, 0) is 30.9 Å². The van der Waals surface area contributed by atoms with Crippen molar-refractivity contribution < 1.29 is 14.0 Å². The van der Waals surface area contributed by atoms with Crippen LogP contribution >= 0.6 is 0 Å². The molecule has 0 bridgehead atoms. The van der Waals surface area contributed by atoms with Gasteiger partial charge in [0.05, 0.1) is 5.69 Å². The molecule has 1 fully saturated rings. The van der Waals surface area contributed by atoms with E-state index in [1.165, 1.54) is 11.0 Å². The molecule has 2 unspecified atom stereocenters. The van der Waals surface area contributed by atoms with Crippen molar-refractivity contribution in [3.8, 4) is 0 Å². The zero-order valence-corrected chi connectivity index (χ0v) is 12.6. The molecule has 1 N–H and O–H groups in total. The summed E-state index contributed by atoms with van der Waals surface area (Å²) < 4.78 is 14.0. The standard InChI is InChI=1S/C16H21FN2O2/c1-4-13-15(20)18-12(9-10(2)3)16(21)19(13)14-8-6-5-7-11(14)17/h5-8,10,12-13H,4,9H2,1-3H3,(H,18,20). The maximum atomic E-state index is 14.0. The topological polar surface area (TPSA) is 49.4 Å². The third-order valence-electron chi connectivity index (χ3n) is 3.67. The molecule has 1 aliphatic heterocycles. The predicted octanol–water partition coefficient (Wildman–Crippen LogP) is 2.48. The van der Waals surface area contributed by atoms with Crippen LogP contribution in [0, 0.1) is 11.7 Å². The van der Waals surface area contributed by atoms with Gasteiger partial charge in [-0.25, -0.2) is 4.39 Å². The predicted molar refractivity (Wildman–Crippen MR) is 79.4 cm³/mol. The Morgan fingerprint density at radius 2 is 1.95 bits per heavy atom. The van der Waals surface area contributed by atoms with Crippen molar-refractivity contribution in [2.45, 2.75) is 45.7 Å². The summed E-state index contributed by atoms with van der Waals surface area (Å²) in [7, 11) is 0. The van der Waals surface area contributed by atoms with Crippen molar-refractivity contribution in [3.63, 3.8) is 0 Å². The largest absolute Gasteiger partial charge is 0.342 e. The van der Waals surface area contributed by atoms with Gasteiger partial charge in [0.15, 0.2) is 0 Å². The third-order valence-corrected chi connectivity index (χ3v) is 3.67. The molecule has 0 spiro atoms. The summed E-state index contributed by atoms with van der Waals surface area (Å²) >= 11 is 0. The highest BCUT2D eigenvalue weighted by Gasteiger charge is 2.41. The van der Waals surface area contributed by atoms with Crippen molar-refractivity contribution in [1.29, 1.82) is 0 Å². The third kappa shape index (κ3) is 3.06. The number of anilines is 1. The smallest absolute Gasteiger partial charge is 0.250 e. The van der Waals surface area contributed by atoms with E-state index in [1.807, 2.05) is 20.8 Å². The Balaban J connectivity index is 2.40. The van der Waals surface area contributed by atoms with Gasteiger partial charge < -0.3 is 5.32 Å². The van der Waals surface area contributed by atoms with Gasteiger partial charge in [0.1, 0.15) is 17.9 Å². The Morgan fingerprint density at radius 3 is 2.52 bits per heavy atom. The van der Waals surface area contributed by atoms with Gasteiger partial charge in [-0.15, -0.1) is 0 Å². The molecule has 1 aromatic carbocycles. The lowest BCUT2D eigenvalue weighted by Gasteiger charge is -2.39. The first-order valence-corrected chi connectivity index (χ1v) is 7.33. The van der Waals surface area contributed by atoms with Gasteiger partial charge in [0.25, 0.3) is 0 Å². The van der Waals surface area contributed by atoms with Gasteiger partial charge in [-0.2, -0.15) is 0 Å². The Labute approximate surface area is 124 Å². The fraction of sp³-hybridized carbons (Fsp3) is 0.500. The van der Waals surface area contributed by atoms with Crippen molar-refractivity contribution >= 4 is 17.5 Å². The van der Waals surface area contributed by atoms with Gasteiger partial charge >= 0.3 is 0 Å². The summed E-state index contributed by atoms with van der Waals surface area (Å²) in [5, 5.41) is 2.77. The second kappa shape index (κ2) is 6.24. The average molecular weight is 292 g/mol. The lowest BCUT2D eigenvalue weighted by atomic mass is 9.97. The summed E-state index contributed by atoms with van der Waals surface area (Å²) in [6, 6.07) is 4.85. The van der Waals surface area contributed by atoms with E-state index >= 15 is 0 Å². The lowest BCUT2D eigenvalue weighted by Crippen LogP contribution is -2.63. The lowest BCUT2D eigenvalue weighted by molar-refractivity contribution is -0.134. The highest BCUT2D eigenvalue weighted by Crippen LogP contribution is 2.27. The van der Waals surface area contributed by atoms with Crippen LogP contribution in [0.15, 0.2) is 24.3 Å². The normalized spacial score (nSPS) is 22.6. The number of nitrogens with one attached hydrogen (secondary N) is 1. The number of hydrogen-bond donors (Lipinski definition) is 1. The molecule has 114 valence electrons. The van der Waals surface area contributed by atoms with E-state index in [0.717, 1.165) is 0 Å². The first-order valence-electron chi connectivity index (χ1n) is 7.33.